The molecule has 0 unspecified atom stereocenters. The van der Waals surface area contributed by atoms with E-state index < -0.39 is 5.82 Å². The van der Waals surface area contributed by atoms with Gasteiger partial charge < -0.3 is 26.5 Å². The lowest BCUT2D eigenvalue weighted by atomic mass is 9.88. The highest BCUT2D eigenvalue weighted by Crippen LogP contribution is 2.30. The summed E-state index contributed by atoms with van der Waals surface area (Å²) >= 11 is 0. The van der Waals surface area contributed by atoms with Crippen molar-refractivity contribution in [2.45, 2.75) is 12.8 Å². The van der Waals surface area contributed by atoms with Crippen LogP contribution in [0.4, 0.5) is 21.7 Å². The summed E-state index contributed by atoms with van der Waals surface area (Å²) in [6.45, 7) is 4.52. The number of halogens is 1. The molecule has 0 radical (unpaired) electrons. The SMILES string of the molecule is C=CC(=O)N1CCC(C(=N)c2c(N)ncnc2Nc2ccc(O)cc2F)CC1. The molecule has 1 amide bonds. The maximum atomic E-state index is 14.1. The molecule has 3 rings (SSSR count). The molecule has 146 valence electrons. The van der Waals surface area contributed by atoms with Crippen molar-refractivity contribution in [1.29, 1.82) is 5.41 Å². The number of hydrogen-bond donors (Lipinski definition) is 4. The smallest absolute Gasteiger partial charge is 0.245 e. The number of benzene rings is 1. The van der Waals surface area contributed by atoms with Gasteiger partial charge in [0.2, 0.25) is 5.91 Å². The van der Waals surface area contributed by atoms with Crippen molar-refractivity contribution in [2.24, 2.45) is 5.92 Å². The number of anilines is 3. The second kappa shape index (κ2) is 8.03. The largest absolute Gasteiger partial charge is 0.508 e. The van der Waals surface area contributed by atoms with E-state index in [0.717, 1.165) is 6.07 Å². The molecular formula is C19H21FN6O2. The summed E-state index contributed by atoms with van der Waals surface area (Å²) in [5.74, 6) is -0.784. The summed E-state index contributed by atoms with van der Waals surface area (Å²) < 4.78 is 14.1. The van der Waals surface area contributed by atoms with E-state index in [4.69, 9.17) is 11.1 Å². The van der Waals surface area contributed by atoms with Crippen molar-refractivity contribution in [3.8, 4) is 5.75 Å². The Balaban J connectivity index is 1.83. The predicted molar refractivity (Wildman–Crippen MR) is 104 cm³/mol. The lowest BCUT2D eigenvalue weighted by Gasteiger charge is -2.32. The molecule has 0 spiro atoms. The number of piperidine rings is 1. The fourth-order valence-electron chi connectivity index (χ4n) is 3.21. The van der Waals surface area contributed by atoms with Gasteiger partial charge in [-0.15, -0.1) is 0 Å². The molecule has 1 fully saturated rings. The zero-order valence-electron chi connectivity index (χ0n) is 15.2. The van der Waals surface area contributed by atoms with Gasteiger partial charge in [-0.25, -0.2) is 14.4 Å². The average Bonchev–Trinajstić information content (AvgIpc) is 2.69. The van der Waals surface area contributed by atoms with Crippen molar-refractivity contribution in [1.82, 2.24) is 14.9 Å². The van der Waals surface area contributed by atoms with Gasteiger partial charge in [0, 0.05) is 30.8 Å². The van der Waals surface area contributed by atoms with Crippen LogP contribution in [0.2, 0.25) is 0 Å². The van der Waals surface area contributed by atoms with Gasteiger partial charge in [-0.05, 0) is 31.1 Å². The van der Waals surface area contributed by atoms with Crippen molar-refractivity contribution in [3.63, 3.8) is 0 Å². The van der Waals surface area contributed by atoms with Gasteiger partial charge in [0.05, 0.1) is 11.3 Å². The van der Waals surface area contributed by atoms with E-state index in [1.807, 2.05) is 0 Å². The molecule has 2 aromatic rings. The van der Waals surface area contributed by atoms with Gasteiger partial charge in [-0.3, -0.25) is 4.79 Å². The van der Waals surface area contributed by atoms with E-state index in [1.54, 1.807) is 4.90 Å². The van der Waals surface area contributed by atoms with Crippen molar-refractivity contribution < 1.29 is 14.3 Å². The molecule has 1 aliphatic heterocycles. The minimum atomic E-state index is -0.661. The number of aromatic hydroxyl groups is 1. The summed E-state index contributed by atoms with van der Waals surface area (Å²) in [5, 5.41) is 20.8. The highest BCUT2D eigenvalue weighted by atomic mass is 19.1. The maximum absolute atomic E-state index is 14.1. The first-order valence-electron chi connectivity index (χ1n) is 8.77. The number of carbonyl (C=O) groups excluding carboxylic acids is 1. The van der Waals surface area contributed by atoms with Gasteiger partial charge >= 0.3 is 0 Å². The van der Waals surface area contributed by atoms with Crippen molar-refractivity contribution in [2.75, 3.05) is 24.1 Å². The Morgan fingerprint density at radius 2 is 2.11 bits per heavy atom. The molecule has 1 aromatic carbocycles. The van der Waals surface area contributed by atoms with Crippen molar-refractivity contribution >= 4 is 28.9 Å². The monoisotopic (exact) mass is 384 g/mol. The molecule has 0 aliphatic carbocycles. The Morgan fingerprint density at radius 1 is 1.39 bits per heavy atom. The summed E-state index contributed by atoms with van der Waals surface area (Å²) in [7, 11) is 0. The fraction of sp³-hybridized carbons (Fsp3) is 0.263. The van der Waals surface area contributed by atoms with E-state index in [1.165, 1.54) is 24.5 Å². The van der Waals surface area contributed by atoms with E-state index in [2.05, 4.69) is 21.9 Å². The molecular weight excluding hydrogens is 363 g/mol. The summed E-state index contributed by atoms with van der Waals surface area (Å²) in [6, 6.07) is 3.69. The van der Waals surface area contributed by atoms with Crippen LogP contribution in [0.5, 0.6) is 5.75 Å². The van der Waals surface area contributed by atoms with E-state index in [-0.39, 0.29) is 40.6 Å². The highest BCUT2D eigenvalue weighted by molar-refractivity contribution is 6.07. The number of amides is 1. The van der Waals surface area contributed by atoms with Crippen LogP contribution in [0.25, 0.3) is 0 Å². The maximum Gasteiger partial charge on any atom is 0.245 e. The minimum absolute atomic E-state index is 0.0938. The van der Waals surface area contributed by atoms with Crippen LogP contribution in [0.1, 0.15) is 18.4 Å². The third-order valence-corrected chi connectivity index (χ3v) is 4.74. The van der Waals surface area contributed by atoms with Crippen LogP contribution in [-0.4, -0.2) is 44.7 Å². The van der Waals surface area contributed by atoms with Crippen molar-refractivity contribution in [3.05, 3.63) is 48.6 Å². The Kier molecular flexibility index (Phi) is 5.53. The first-order valence-corrected chi connectivity index (χ1v) is 8.77. The first kappa shape index (κ1) is 19.3. The molecule has 1 aliphatic rings. The van der Waals surface area contributed by atoms with Crippen LogP contribution in [0.3, 0.4) is 0 Å². The van der Waals surface area contributed by atoms with Crippen LogP contribution in [-0.2, 0) is 4.79 Å². The van der Waals surface area contributed by atoms with Gasteiger partial charge in [0.15, 0.2) is 0 Å². The molecule has 1 saturated heterocycles. The number of aromatic nitrogens is 2. The van der Waals surface area contributed by atoms with Crippen LogP contribution >= 0.6 is 0 Å². The number of nitrogen functional groups attached to an aromatic ring is 1. The number of phenolic OH excluding ortho intramolecular Hbond substituents is 1. The number of hydrogen-bond acceptors (Lipinski definition) is 7. The molecule has 1 aromatic heterocycles. The van der Waals surface area contributed by atoms with E-state index in [9.17, 15) is 14.3 Å². The normalized spacial score (nSPS) is 14.5. The molecule has 9 heteroatoms. The van der Waals surface area contributed by atoms with Gasteiger partial charge in [-0.2, -0.15) is 0 Å². The van der Waals surface area contributed by atoms with Gasteiger partial charge in [0.25, 0.3) is 0 Å². The Bertz CT molecular complexity index is 925. The first-order chi connectivity index (χ1) is 13.4. The number of likely N-dealkylation sites (tertiary alicyclic amines) is 1. The van der Waals surface area contributed by atoms with E-state index >= 15 is 0 Å². The molecule has 0 saturated carbocycles. The standard InChI is InChI=1S/C19H21FN6O2/c1-2-15(28)26-7-5-11(6-8-26)17(21)16-18(22)23-10-24-19(16)25-14-4-3-12(27)9-13(14)20/h2-4,9-11,21,27H,1,5-8H2,(H3,22,23,24,25). The lowest BCUT2D eigenvalue weighted by Crippen LogP contribution is -2.39. The second-order valence-corrected chi connectivity index (χ2v) is 6.49. The van der Waals surface area contributed by atoms with Crippen LogP contribution in [0, 0.1) is 17.1 Å². The number of nitrogens with zero attached hydrogens (tertiary/aromatic N) is 3. The fourth-order valence-corrected chi connectivity index (χ4v) is 3.21. The van der Waals surface area contributed by atoms with Gasteiger partial charge in [-0.1, -0.05) is 6.58 Å². The van der Waals surface area contributed by atoms with Crippen LogP contribution < -0.4 is 11.1 Å². The van der Waals surface area contributed by atoms with E-state index in [0.29, 0.717) is 31.5 Å². The predicted octanol–water partition coefficient (Wildman–Crippen LogP) is 2.44. The molecule has 8 nitrogen and oxygen atoms in total. The second-order valence-electron chi connectivity index (χ2n) is 6.49. The number of nitrogens with one attached hydrogen (secondary N) is 2. The Labute approximate surface area is 161 Å². The highest BCUT2D eigenvalue weighted by Gasteiger charge is 2.28. The van der Waals surface area contributed by atoms with Crippen LogP contribution in [0.15, 0.2) is 37.2 Å². The average molecular weight is 384 g/mol. The molecule has 2 heterocycles. The molecule has 28 heavy (non-hydrogen) atoms. The number of carbonyl (C=O) groups is 1. The molecule has 0 atom stereocenters. The number of nitrogens with two attached hydrogens (primary N) is 1. The Hall–Kier alpha value is -3.49. The van der Waals surface area contributed by atoms with Gasteiger partial charge in [0.1, 0.15) is 29.5 Å². The topological polar surface area (TPSA) is 128 Å². The third kappa shape index (κ3) is 3.93. The quantitative estimate of drug-likeness (QED) is 0.356. The Morgan fingerprint density at radius 3 is 2.75 bits per heavy atom. The zero-order chi connectivity index (χ0) is 20.3. The summed E-state index contributed by atoms with van der Waals surface area (Å²) in [5.41, 5.74) is 6.64. The number of rotatable bonds is 5. The summed E-state index contributed by atoms with van der Waals surface area (Å²) in [4.78, 5) is 21.5. The number of phenols is 1. The summed E-state index contributed by atoms with van der Waals surface area (Å²) in [6.07, 6.45) is 3.71. The third-order valence-electron chi connectivity index (χ3n) is 4.74. The minimum Gasteiger partial charge on any atom is -0.508 e. The molecule has 0 bridgehead atoms. The lowest BCUT2D eigenvalue weighted by molar-refractivity contribution is -0.127. The molecule has 5 N–H and O–H groups in total. The zero-order valence-corrected chi connectivity index (χ0v) is 15.2.